The van der Waals surface area contributed by atoms with Crippen LogP contribution in [0.5, 0.6) is 0 Å². The Morgan fingerprint density at radius 2 is 1.84 bits per heavy atom. The Hall–Kier alpha value is -2.89. The van der Waals surface area contributed by atoms with Gasteiger partial charge in [-0.3, -0.25) is 14.9 Å². The maximum Gasteiger partial charge on any atom is 0.269 e. The summed E-state index contributed by atoms with van der Waals surface area (Å²) in [6.07, 6.45) is 2.23. The Bertz CT molecular complexity index is 756. The van der Waals surface area contributed by atoms with E-state index >= 15 is 0 Å². The summed E-state index contributed by atoms with van der Waals surface area (Å²) < 4.78 is 0. The van der Waals surface area contributed by atoms with Gasteiger partial charge in [0.2, 0.25) is 5.91 Å². The van der Waals surface area contributed by atoms with Crippen LogP contribution in [-0.2, 0) is 17.8 Å². The van der Waals surface area contributed by atoms with Crippen LogP contribution >= 0.6 is 0 Å². The molecule has 1 saturated heterocycles. The van der Waals surface area contributed by atoms with E-state index in [1.165, 1.54) is 12.1 Å². The van der Waals surface area contributed by atoms with Crippen molar-refractivity contribution >= 4 is 17.3 Å². The van der Waals surface area contributed by atoms with Crippen LogP contribution in [0.2, 0.25) is 0 Å². The van der Waals surface area contributed by atoms with Crippen LogP contribution in [-0.4, -0.2) is 28.8 Å². The fourth-order valence-electron chi connectivity index (χ4n) is 3.05. The molecule has 6 heteroatoms. The molecule has 1 aliphatic rings. The van der Waals surface area contributed by atoms with Crippen molar-refractivity contribution in [2.45, 2.75) is 25.8 Å². The van der Waals surface area contributed by atoms with Gasteiger partial charge >= 0.3 is 0 Å². The molecule has 6 nitrogen and oxygen atoms in total. The fourth-order valence-corrected chi connectivity index (χ4v) is 3.05. The van der Waals surface area contributed by atoms with Crippen LogP contribution in [0.25, 0.3) is 0 Å². The van der Waals surface area contributed by atoms with Crippen molar-refractivity contribution in [3.05, 3.63) is 69.8 Å². The number of likely N-dealkylation sites (tertiary alicyclic amines) is 1. The van der Waals surface area contributed by atoms with E-state index in [-0.39, 0.29) is 18.0 Å². The lowest BCUT2D eigenvalue weighted by Gasteiger charge is -2.17. The molecule has 0 unspecified atom stereocenters. The van der Waals surface area contributed by atoms with Gasteiger partial charge in [0, 0.05) is 37.5 Å². The molecule has 0 radical (unpaired) electrons. The van der Waals surface area contributed by atoms with Gasteiger partial charge in [-0.2, -0.15) is 0 Å². The van der Waals surface area contributed by atoms with Gasteiger partial charge in [-0.1, -0.05) is 30.3 Å². The van der Waals surface area contributed by atoms with E-state index in [0.29, 0.717) is 12.1 Å². The van der Waals surface area contributed by atoms with E-state index in [1.54, 1.807) is 6.07 Å². The molecule has 0 spiro atoms. The minimum absolute atomic E-state index is 0.00878. The minimum atomic E-state index is -0.426. The zero-order chi connectivity index (χ0) is 17.6. The predicted octanol–water partition coefficient (Wildman–Crippen LogP) is 3.37. The topological polar surface area (TPSA) is 75.5 Å². The van der Waals surface area contributed by atoms with E-state index in [0.717, 1.165) is 37.2 Å². The molecule has 0 bridgehead atoms. The molecular formula is C19H21N3O3. The molecule has 0 atom stereocenters. The Balaban J connectivity index is 1.78. The first-order valence-electron chi connectivity index (χ1n) is 8.46. The third kappa shape index (κ3) is 4.35. The lowest BCUT2D eigenvalue weighted by atomic mass is 10.1. The Morgan fingerprint density at radius 1 is 1.12 bits per heavy atom. The van der Waals surface area contributed by atoms with E-state index < -0.39 is 4.92 Å². The first-order valence-corrected chi connectivity index (χ1v) is 8.46. The van der Waals surface area contributed by atoms with E-state index in [1.807, 2.05) is 35.2 Å². The first kappa shape index (κ1) is 17.0. The third-order valence-electron chi connectivity index (χ3n) is 4.43. The summed E-state index contributed by atoms with van der Waals surface area (Å²) >= 11 is 0. The zero-order valence-corrected chi connectivity index (χ0v) is 14.0. The van der Waals surface area contributed by atoms with Crippen molar-refractivity contribution in [1.29, 1.82) is 0 Å². The maximum atomic E-state index is 12.5. The van der Waals surface area contributed by atoms with Gasteiger partial charge < -0.3 is 10.2 Å². The Kier molecular flexibility index (Phi) is 5.28. The van der Waals surface area contributed by atoms with Gasteiger partial charge in [0.15, 0.2) is 0 Å². The van der Waals surface area contributed by atoms with Gasteiger partial charge in [0.25, 0.3) is 5.69 Å². The van der Waals surface area contributed by atoms with Gasteiger partial charge in [0.1, 0.15) is 0 Å². The number of nitro benzene ring substituents is 1. The number of nitrogens with one attached hydrogen (secondary N) is 1. The number of nitro groups is 1. The van der Waals surface area contributed by atoms with Crippen LogP contribution in [0, 0.1) is 10.1 Å². The summed E-state index contributed by atoms with van der Waals surface area (Å²) in [6.45, 7) is 2.16. The average molecular weight is 339 g/mol. The lowest BCUT2D eigenvalue weighted by molar-refractivity contribution is -0.384. The smallest absolute Gasteiger partial charge is 0.269 e. The van der Waals surface area contributed by atoms with Crippen LogP contribution in [0.1, 0.15) is 24.0 Å². The second kappa shape index (κ2) is 7.79. The van der Waals surface area contributed by atoms with Gasteiger partial charge in [-0.05, 0) is 30.0 Å². The van der Waals surface area contributed by atoms with Crippen LogP contribution in [0.15, 0.2) is 48.5 Å². The zero-order valence-electron chi connectivity index (χ0n) is 14.0. The Morgan fingerprint density at radius 3 is 2.52 bits per heavy atom. The largest absolute Gasteiger partial charge is 0.381 e. The van der Waals surface area contributed by atoms with Gasteiger partial charge in [-0.15, -0.1) is 0 Å². The molecule has 2 aromatic rings. The molecule has 25 heavy (non-hydrogen) atoms. The summed E-state index contributed by atoms with van der Waals surface area (Å²) in [7, 11) is 0. The number of benzene rings is 2. The molecular weight excluding hydrogens is 318 g/mol. The number of carbonyl (C=O) groups excluding carboxylic acids is 1. The molecule has 1 heterocycles. The number of non-ortho nitro benzene ring substituents is 1. The van der Waals surface area contributed by atoms with E-state index in [9.17, 15) is 14.9 Å². The normalized spacial score (nSPS) is 13.7. The first-order chi connectivity index (χ1) is 12.1. The maximum absolute atomic E-state index is 12.5. The summed E-state index contributed by atoms with van der Waals surface area (Å²) in [5, 5.41) is 14.4. The highest BCUT2D eigenvalue weighted by Crippen LogP contribution is 2.24. The lowest BCUT2D eigenvalue weighted by Crippen LogP contribution is -2.29. The van der Waals surface area contributed by atoms with Crippen molar-refractivity contribution < 1.29 is 9.72 Å². The van der Waals surface area contributed by atoms with E-state index in [4.69, 9.17) is 0 Å². The van der Waals surface area contributed by atoms with E-state index in [2.05, 4.69) is 5.32 Å². The third-order valence-corrected chi connectivity index (χ3v) is 4.43. The fraction of sp³-hybridized carbons (Fsp3) is 0.316. The van der Waals surface area contributed by atoms with Crippen molar-refractivity contribution in [2.75, 3.05) is 18.4 Å². The molecule has 3 rings (SSSR count). The summed E-state index contributed by atoms with van der Waals surface area (Å²) in [5.74, 6) is 0.0285. The Labute approximate surface area is 146 Å². The molecule has 1 fully saturated rings. The molecule has 2 aromatic carbocycles. The second-order valence-corrected chi connectivity index (χ2v) is 6.20. The average Bonchev–Trinajstić information content (AvgIpc) is 3.16. The standard InChI is InChI=1S/C19H21N3O3/c23-19(21-10-4-5-11-21)13-16-12-17(22(24)25)8-9-18(16)20-14-15-6-2-1-3-7-15/h1-3,6-9,12,20H,4-5,10-11,13-14H2. The molecule has 0 aliphatic carbocycles. The summed E-state index contributed by atoms with van der Waals surface area (Å²) in [5.41, 5.74) is 2.55. The van der Waals surface area contributed by atoms with Crippen molar-refractivity contribution in [3.8, 4) is 0 Å². The van der Waals surface area contributed by atoms with Gasteiger partial charge in [0.05, 0.1) is 11.3 Å². The molecule has 130 valence electrons. The second-order valence-electron chi connectivity index (χ2n) is 6.20. The summed E-state index contributed by atoms with van der Waals surface area (Å²) in [4.78, 5) is 24.9. The van der Waals surface area contributed by atoms with Crippen LogP contribution in [0.3, 0.4) is 0 Å². The number of hydrogen-bond acceptors (Lipinski definition) is 4. The monoisotopic (exact) mass is 339 g/mol. The van der Waals surface area contributed by atoms with Crippen molar-refractivity contribution in [3.63, 3.8) is 0 Å². The molecule has 0 saturated carbocycles. The SMILES string of the molecule is O=C(Cc1cc([N+](=O)[O-])ccc1NCc1ccccc1)N1CCCC1. The number of hydrogen-bond donors (Lipinski definition) is 1. The minimum Gasteiger partial charge on any atom is -0.381 e. The molecule has 1 aliphatic heterocycles. The number of rotatable bonds is 6. The van der Waals surface area contributed by atoms with Crippen LogP contribution < -0.4 is 5.32 Å². The van der Waals surface area contributed by atoms with Gasteiger partial charge in [-0.25, -0.2) is 0 Å². The predicted molar refractivity (Wildman–Crippen MR) is 96.4 cm³/mol. The van der Waals surface area contributed by atoms with Crippen molar-refractivity contribution in [1.82, 2.24) is 4.90 Å². The highest BCUT2D eigenvalue weighted by molar-refractivity contribution is 5.81. The number of carbonyl (C=O) groups is 1. The molecule has 1 amide bonds. The van der Waals surface area contributed by atoms with Crippen LogP contribution in [0.4, 0.5) is 11.4 Å². The summed E-state index contributed by atoms with van der Waals surface area (Å²) in [6, 6.07) is 14.6. The number of nitrogens with zero attached hydrogens (tertiary/aromatic N) is 2. The highest BCUT2D eigenvalue weighted by atomic mass is 16.6. The molecule has 0 aromatic heterocycles. The molecule has 1 N–H and O–H groups in total. The quantitative estimate of drug-likeness (QED) is 0.647. The number of amides is 1. The number of anilines is 1. The van der Waals surface area contributed by atoms with Crippen molar-refractivity contribution in [2.24, 2.45) is 0 Å². The highest BCUT2D eigenvalue weighted by Gasteiger charge is 2.20.